The number of ether oxygens (including phenoxy) is 1. The number of nitrogens with zero attached hydrogens (tertiary/aromatic N) is 3. The number of hydrogen-bond acceptors (Lipinski definition) is 5. The topological polar surface area (TPSA) is 78.5 Å². The fourth-order valence-electron chi connectivity index (χ4n) is 4.12. The number of aromatic nitrogens is 2. The van der Waals surface area contributed by atoms with Gasteiger partial charge in [0.25, 0.3) is 5.56 Å². The van der Waals surface area contributed by atoms with E-state index in [2.05, 4.69) is 27.2 Å². The van der Waals surface area contributed by atoms with Crippen LogP contribution in [0.15, 0.2) is 41.2 Å². The Morgan fingerprint density at radius 2 is 2.10 bits per heavy atom. The van der Waals surface area contributed by atoms with Crippen LogP contribution >= 0.6 is 0 Å². The van der Waals surface area contributed by atoms with Gasteiger partial charge in [-0.3, -0.25) is 9.59 Å². The van der Waals surface area contributed by atoms with Gasteiger partial charge in [0.1, 0.15) is 5.75 Å². The lowest BCUT2D eigenvalue weighted by atomic mass is 9.97. The molecule has 162 valence electrons. The molecule has 2 aromatic rings. The number of rotatable bonds is 9. The van der Waals surface area contributed by atoms with Crippen molar-refractivity contribution in [2.24, 2.45) is 5.92 Å². The average molecular weight is 413 g/mol. The Bertz CT molecular complexity index is 862. The lowest BCUT2D eigenvalue weighted by Gasteiger charge is -2.34. The summed E-state index contributed by atoms with van der Waals surface area (Å²) in [4.78, 5) is 27.9. The summed E-state index contributed by atoms with van der Waals surface area (Å²) in [7, 11) is 3.60. The SMILES string of the molecule is COc1ccccc1CCN1CCC[C@H](CN(C)C(=O)CCc2ccc(=O)[nH]n2)C1. The van der Waals surface area contributed by atoms with E-state index in [9.17, 15) is 9.59 Å². The summed E-state index contributed by atoms with van der Waals surface area (Å²) in [6.07, 6.45) is 4.23. The smallest absolute Gasteiger partial charge is 0.264 e. The second-order valence-electron chi connectivity index (χ2n) is 8.06. The molecule has 0 radical (unpaired) electrons. The van der Waals surface area contributed by atoms with Crippen LogP contribution in [0.2, 0.25) is 0 Å². The van der Waals surface area contributed by atoms with Crippen molar-refractivity contribution in [2.75, 3.05) is 40.3 Å². The zero-order chi connectivity index (χ0) is 21.3. The van der Waals surface area contributed by atoms with Crippen LogP contribution in [0.3, 0.4) is 0 Å². The number of benzene rings is 1. The Morgan fingerprint density at radius 3 is 2.87 bits per heavy atom. The Labute approximate surface area is 178 Å². The molecule has 1 amide bonds. The summed E-state index contributed by atoms with van der Waals surface area (Å²) in [5.74, 6) is 1.57. The van der Waals surface area contributed by atoms with E-state index < -0.39 is 0 Å². The first-order chi connectivity index (χ1) is 14.5. The molecule has 2 heterocycles. The molecule has 0 aliphatic carbocycles. The van der Waals surface area contributed by atoms with Gasteiger partial charge in [0.2, 0.25) is 5.91 Å². The van der Waals surface area contributed by atoms with Crippen LogP contribution < -0.4 is 10.3 Å². The summed E-state index contributed by atoms with van der Waals surface area (Å²) in [5, 5.41) is 6.38. The molecule has 1 aliphatic heterocycles. The number of likely N-dealkylation sites (tertiary alicyclic amines) is 1. The van der Waals surface area contributed by atoms with Crippen LogP contribution in [0.1, 0.15) is 30.5 Å². The number of para-hydroxylation sites is 1. The molecular formula is C23H32N4O3. The normalized spacial score (nSPS) is 16.9. The number of carbonyl (C=O) groups is 1. The average Bonchev–Trinajstić information content (AvgIpc) is 2.77. The maximum Gasteiger partial charge on any atom is 0.264 e. The van der Waals surface area contributed by atoms with Gasteiger partial charge in [-0.2, -0.15) is 5.10 Å². The van der Waals surface area contributed by atoms with E-state index in [-0.39, 0.29) is 11.5 Å². The lowest BCUT2D eigenvalue weighted by molar-refractivity contribution is -0.130. The second-order valence-corrected chi connectivity index (χ2v) is 8.06. The quantitative estimate of drug-likeness (QED) is 0.683. The third-order valence-corrected chi connectivity index (χ3v) is 5.78. The fraction of sp³-hybridized carbons (Fsp3) is 0.522. The highest BCUT2D eigenvalue weighted by Crippen LogP contribution is 2.21. The molecule has 0 saturated carbocycles. The van der Waals surface area contributed by atoms with Crippen LogP contribution in [-0.2, 0) is 17.6 Å². The maximum atomic E-state index is 12.5. The van der Waals surface area contributed by atoms with Gasteiger partial charge < -0.3 is 14.5 Å². The largest absolute Gasteiger partial charge is 0.496 e. The van der Waals surface area contributed by atoms with Crippen molar-refractivity contribution in [1.82, 2.24) is 20.0 Å². The summed E-state index contributed by atoms with van der Waals surface area (Å²) >= 11 is 0. The minimum absolute atomic E-state index is 0.120. The van der Waals surface area contributed by atoms with Gasteiger partial charge in [-0.15, -0.1) is 0 Å². The van der Waals surface area contributed by atoms with Crippen LogP contribution in [0.5, 0.6) is 5.75 Å². The minimum Gasteiger partial charge on any atom is -0.496 e. The Morgan fingerprint density at radius 1 is 1.27 bits per heavy atom. The molecule has 1 atom stereocenters. The zero-order valence-electron chi connectivity index (χ0n) is 18.0. The summed E-state index contributed by atoms with van der Waals surface area (Å²) < 4.78 is 5.46. The molecule has 0 unspecified atom stereocenters. The van der Waals surface area contributed by atoms with Crippen LogP contribution in [-0.4, -0.2) is 66.2 Å². The second kappa shape index (κ2) is 10.9. The number of H-pyrrole nitrogens is 1. The van der Waals surface area contributed by atoms with Gasteiger partial charge in [0, 0.05) is 45.6 Å². The van der Waals surface area contributed by atoms with Crippen molar-refractivity contribution >= 4 is 5.91 Å². The first kappa shape index (κ1) is 22.0. The highest BCUT2D eigenvalue weighted by molar-refractivity contribution is 5.76. The Kier molecular flexibility index (Phi) is 8.02. The molecule has 0 spiro atoms. The van der Waals surface area contributed by atoms with E-state index >= 15 is 0 Å². The molecule has 0 bridgehead atoms. The third kappa shape index (κ3) is 6.42. The van der Waals surface area contributed by atoms with Gasteiger partial charge in [0.05, 0.1) is 12.8 Å². The first-order valence-corrected chi connectivity index (χ1v) is 10.7. The van der Waals surface area contributed by atoms with E-state index in [0.29, 0.717) is 18.8 Å². The highest BCUT2D eigenvalue weighted by atomic mass is 16.5. The van der Waals surface area contributed by atoms with E-state index in [1.54, 1.807) is 13.2 Å². The Hall–Kier alpha value is -2.67. The molecule has 7 heteroatoms. The number of aryl methyl sites for hydroxylation is 1. The first-order valence-electron chi connectivity index (χ1n) is 10.7. The van der Waals surface area contributed by atoms with Crippen molar-refractivity contribution in [3.63, 3.8) is 0 Å². The van der Waals surface area contributed by atoms with Gasteiger partial charge in [-0.1, -0.05) is 18.2 Å². The van der Waals surface area contributed by atoms with Crippen molar-refractivity contribution < 1.29 is 9.53 Å². The minimum atomic E-state index is -0.227. The monoisotopic (exact) mass is 412 g/mol. The molecule has 1 N–H and O–H groups in total. The number of aromatic amines is 1. The molecule has 1 aromatic carbocycles. The van der Waals surface area contributed by atoms with Gasteiger partial charge >= 0.3 is 0 Å². The molecule has 1 fully saturated rings. The number of amides is 1. The lowest BCUT2D eigenvalue weighted by Crippen LogP contribution is -2.42. The van der Waals surface area contributed by atoms with Gasteiger partial charge in [-0.05, 0) is 49.4 Å². The number of hydrogen-bond donors (Lipinski definition) is 1. The fourth-order valence-corrected chi connectivity index (χ4v) is 4.12. The van der Waals surface area contributed by atoms with Crippen molar-refractivity contribution in [1.29, 1.82) is 0 Å². The third-order valence-electron chi connectivity index (χ3n) is 5.78. The predicted octanol–water partition coefficient (Wildman–Crippen LogP) is 2.12. The number of methoxy groups -OCH3 is 1. The van der Waals surface area contributed by atoms with Crippen molar-refractivity contribution in [2.45, 2.75) is 32.1 Å². The standard InChI is InChI=1S/C23H32N4O3/c1-26(23(29)12-10-20-9-11-22(28)25-24-20)16-18-6-5-14-27(17-18)15-13-19-7-3-4-8-21(19)30-2/h3-4,7-9,11,18H,5-6,10,12-17H2,1-2H3,(H,25,28)/t18-/m1/s1. The zero-order valence-corrected chi connectivity index (χ0v) is 18.0. The predicted molar refractivity (Wildman–Crippen MR) is 117 cm³/mol. The molecule has 1 aliphatic rings. The molecular weight excluding hydrogens is 380 g/mol. The number of piperidine rings is 1. The van der Waals surface area contributed by atoms with E-state index in [4.69, 9.17) is 4.74 Å². The summed E-state index contributed by atoms with van der Waals surface area (Å²) in [6, 6.07) is 11.3. The molecule has 3 rings (SSSR count). The number of nitrogens with one attached hydrogen (secondary N) is 1. The van der Waals surface area contributed by atoms with Gasteiger partial charge in [-0.25, -0.2) is 5.10 Å². The summed E-state index contributed by atoms with van der Waals surface area (Å²) in [6.45, 7) is 3.92. The van der Waals surface area contributed by atoms with Crippen molar-refractivity contribution in [3.05, 3.63) is 58.0 Å². The molecule has 30 heavy (non-hydrogen) atoms. The molecule has 7 nitrogen and oxygen atoms in total. The molecule has 1 aromatic heterocycles. The number of carbonyl (C=O) groups excluding carboxylic acids is 1. The summed E-state index contributed by atoms with van der Waals surface area (Å²) in [5.41, 5.74) is 1.75. The highest BCUT2D eigenvalue weighted by Gasteiger charge is 2.22. The molecule has 1 saturated heterocycles. The van der Waals surface area contributed by atoms with Crippen LogP contribution in [0.25, 0.3) is 0 Å². The van der Waals surface area contributed by atoms with Crippen LogP contribution in [0.4, 0.5) is 0 Å². The van der Waals surface area contributed by atoms with E-state index in [1.807, 2.05) is 24.1 Å². The van der Waals surface area contributed by atoms with Crippen LogP contribution in [0, 0.1) is 5.92 Å². The maximum absolute atomic E-state index is 12.5. The van der Waals surface area contributed by atoms with Crippen molar-refractivity contribution in [3.8, 4) is 5.75 Å². The van der Waals surface area contributed by atoms with E-state index in [0.717, 1.165) is 50.5 Å². The van der Waals surface area contributed by atoms with E-state index in [1.165, 1.54) is 18.1 Å². The Balaban J connectivity index is 1.43. The van der Waals surface area contributed by atoms with Gasteiger partial charge in [0.15, 0.2) is 0 Å².